The first kappa shape index (κ1) is 11.0. The number of nitrogens with one attached hydrogen (secondary N) is 1. The Hall–Kier alpha value is -0.510. The molecule has 1 heterocycles. The molecule has 15 heavy (non-hydrogen) atoms. The number of aromatic amines is 1. The first-order valence-electron chi connectivity index (χ1n) is 4.79. The Morgan fingerprint density at radius 3 is 2.93 bits per heavy atom. The van der Waals surface area contributed by atoms with Gasteiger partial charge in [0.15, 0.2) is 0 Å². The van der Waals surface area contributed by atoms with Gasteiger partial charge in [0.05, 0.1) is 0 Å². The van der Waals surface area contributed by atoms with Gasteiger partial charge >= 0.3 is 0 Å². The number of halogens is 2. The van der Waals surface area contributed by atoms with Gasteiger partial charge in [0.2, 0.25) is 0 Å². The fraction of sp³-hybridized carbons (Fsp3) is 0.273. The molecule has 0 radical (unpaired) electrons. The summed E-state index contributed by atoms with van der Waals surface area (Å²) in [6.07, 6.45) is 0.792. The lowest BCUT2D eigenvalue weighted by molar-refractivity contribution is 0.741. The molecule has 2 aromatic rings. The molecule has 80 valence electrons. The van der Waals surface area contributed by atoms with Crippen molar-refractivity contribution in [1.29, 1.82) is 0 Å². The second-order valence-electron chi connectivity index (χ2n) is 3.79. The first-order valence-corrected chi connectivity index (χ1v) is 5.96. The minimum atomic E-state index is 0.116. The second kappa shape index (κ2) is 4.16. The number of aromatic nitrogens is 1. The molecule has 0 saturated heterocycles. The van der Waals surface area contributed by atoms with Crippen LogP contribution in [0.1, 0.15) is 12.5 Å². The van der Waals surface area contributed by atoms with Gasteiger partial charge in [-0.2, -0.15) is 0 Å². The molecule has 0 amide bonds. The summed E-state index contributed by atoms with van der Waals surface area (Å²) in [7, 11) is 0. The summed E-state index contributed by atoms with van der Waals surface area (Å²) in [6, 6.07) is 6.20. The predicted octanol–water partition coefficient (Wildman–Crippen LogP) is 3.47. The molecule has 3 N–H and O–H groups in total. The lowest BCUT2D eigenvalue weighted by Crippen LogP contribution is -2.17. The van der Waals surface area contributed by atoms with Crippen LogP contribution in [0.25, 0.3) is 10.9 Å². The Labute approximate surface area is 102 Å². The molecule has 0 spiro atoms. The zero-order valence-electron chi connectivity index (χ0n) is 8.35. The largest absolute Gasteiger partial charge is 0.345 e. The van der Waals surface area contributed by atoms with Gasteiger partial charge in [-0.15, -0.1) is 0 Å². The summed E-state index contributed by atoms with van der Waals surface area (Å²) in [6.45, 7) is 1.98. The minimum Gasteiger partial charge on any atom is -0.345 e. The molecule has 1 atom stereocenters. The van der Waals surface area contributed by atoms with Crippen LogP contribution >= 0.6 is 27.5 Å². The van der Waals surface area contributed by atoms with E-state index < -0.39 is 0 Å². The summed E-state index contributed by atoms with van der Waals surface area (Å²) >= 11 is 9.57. The van der Waals surface area contributed by atoms with Crippen molar-refractivity contribution in [2.75, 3.05) is 0 Å². The van der Waals surface area contributed by atoms with Crippen LogP contribution in [0.3, 0.4) is 0 Å². The quantitative estimate of drug-likeness (QED) is 0.872. The molecule has 0 fully saturated rings. The number of rotatable bonds is 2. The van der Waals surface area contributed by atoms with E-state index in [9.17, 15) is 0 Å². The van der Waals surface area contributed by atoms with Gasteiger partial charge in [0.25, 0.3) is 0 Å². The van der Waals surface area contributed by atoms with E-state index in [1.165, 1.54) is 0 Å². The summed E-state index contributed by atoms with van der Waals surface area (Å²) in [5.41, 5.74) is 7.94. The van der Waals surface area contributed by atoms with E-state index in [4.69, 9.17) is 17.3 Å². The Morgan fingerprint density at radius 2 is 2.27 bits per heavy atom. The summed E-state index contributed by atoms with van der Waals surface area (Å²) in [4.78, 5) is 3.15. The fourth-order valence-electron chi connectivity index (χ4n) is 1.72. The SMILES string of the molecule is CC(N)Cc1c(Cl)[nH]c2cc(Br)ccc12. The van der Waals surface area contributed by atoms with Gasteiger partial charge in [-0.1, -0.05) is 33.6 Å². The number of benzene rings is 1. The highest BCUT2D eigenvalue weighted by Crippen LogP contribution is 2.29. The van der Waals surface area contributed by atoms with Crippen LogP contribution in [0.2, 0.25) is 5.15 Å². The van der Waals surface area contributed by atoms with E-state index in [0.717, 1.165) is 27.4 Å². The fourth-order valence-corrected chi connectivity index (χ4v) is 2.36. The van der Waals surface area contributed by atoms with Crippen molar-refractivity contribution in [2.45, 2.75) is 19.4 Å². The van der Waals surface area contributed by atoms with E-state index in [1.807, 2.05) is 19.1 Å². The predicted molar refractivity (Wildman–Crippen MR) is 68.4 cm³/mol. The Balaban J connectivity index is 2.58. The van der Waals surface area contributed by atoms with Crippen molar-refractivity contribution in [3.63, 3.8) is 0 Å². The number of H-pyrrole nitrogens is 1. The molecule has 0 bridgehead atoms. The molecular formula is C11H12BrClN2. The molecule has 1 aromatic heterocycles. The summed E-state index contributed by atoms with van der Waals surface area (Å²) in [5, 5.41) is 1.85. The molecule has 0 aliphatic rings. The Morgan fingerprint density at radius 1 is 1.53 bits per heavy atom. The second-order valence-corrected chi connectivity index (χ2v) is 5.08. The van der Waals surface area contributed by atoms with Crippen LogP contribution < -0.4 is 5.73 Å². The monoisotopic (exact) mass is 286 g/mol. The van der Waals surface area contributed by atoms with Gasteiger partial charge in [-0.3, -0.25) is 0 Å². The lowest BCUT2D eigenvalue weighted by atomic mass is 10.1. The lowest BCUT2D eigenvalue weighted by Gasteiger charge is -2.04. The van der Waals surface area contributed by atoms with E-state index in [-0.39, 0.29) is 6.04 Å². The molecule has 2 nitrogen and oxygen atoms in total. The van der Waals surface area contributed by atoms with Crippen molar-refractivity contribution in [1.82, 2.24) is 4.98 Å². The van der Waals surface area contributed by atoms with Gasteiger partial charge < -0.3 is 10.7 Å². The standard InChI is InChI=1S/C11H12BrClN2/c1-6(14)4-9-8-3-2-7(12)5-10(8)15-11(9)13/h2-3,5-6,15H,4,14H2,1H3. The highest BCUT2D eigenvalue weighted by molar-refractivity contribution is 9.10. The van der Waals surface area contributed by atoms with Gasteiger partial charge in [-0.05, 0) is 31.0 Å². The van der Waals surface area contributed by atoms with E-state index in [1.54, 1.807) is 0 Å². The molecule has 4 heteroatoms. The van der Waals surface area contributed by atoms with Crippen LogP contribution in [0.5, 0.6) is 0 Å². The van der Waals surface area contributed by atoms with Crippen LogP contribution in [-0.4, -0.2) is 11.0 Å². The van der Waals surface area contributed by atoms with E-state index >= 15 is 0 Å². The Bertz CT molecular complexity index is 491. The number of hydrogen-bond donors (Lipinski definition) is 2. The molecule has 1 unspecified atom stereocenters. The van der Waals surface area contributed by atoms with Crippen LogP contribution in [0.15, 0.2) is 22.7 Å². The average Bonchev–Trinajstić information content (AvgIpc) is 2.41. The molecule has 2 rings (SSSR count). The van der Waals surface area contributed by atoms with Crippen molar-refractivity contribution in [3.8, 4) is 0 Å². The van der Waals surface area contributed by atoms with Crippen molar-refractivity contribution in [3.05, 3.63) is 33.4 Å². The molecule has 1 aromatic carbocycles. The smallest absolute Gasteiger partial charge is 0.110 e. The number of hydrogen-bond acceptors (Lipinski definition) is 1. The van der Waals surface area contributed by atoms with Gasteiger partial charge in [-0.25, -0.2) is 0 Å². The third-order valence-corrected chi connectivity index (χ3v) is 3.16. The van der Waals surface area contributed by atoms with Gasteiger partial charge in [0, 0.05) is 21.4 Å². The average molecular weight is 288 g/mol. The van der Waals surface area contributed by atoms with Crippen molar-refractivity contribution in [2.24, 2.45) is 5.73 Å². The molecule has 0 aliphatic carbocycles. The maximum absolute atomic E-state index is 6.14. The maximum Gasteiger partial charge on any atom is 0.110 e. The molecule has 0 saturated carbocycles. The molecule has 0 aliphatic heterocycles. The number of nitrogens with two attached hydrogens (primary N) is 1. The summed E-state index contributed by atoms with van der Waals surface area (Å²) < 4.78 is 1.04. The normalized spacial score (nSPS) is 13.3. The zero-order valence-corrected chi connectivity index (χ0v) is 10.7. The minimum absolute atomic E-state index is 0.116. The van der Waals surface area contributed by atoms with Crippen molar-refractivity contribution >= 4 is 38.4 Å². The zero-order chi connectivity index (χ0) is 11.0. The maximum atomic E-state index is 6.14. The van der Waals surface area contributed by atoms with Crippen LogP contribution in [-0.2, 0) is 6.42 Å². The highest BCUT2D eigenvalue weighted by Gasteiger charge is 2.11. The Kier molecular flexibility index (Phi) is 3.05. The van der Waals surface area contributed by atoms with E-state index in [0.29, 0.717) is 5.15 Å². The van der Waals surface area contributed by atoms with E-state index in [2.05, 4.69) is 27.0 Å². The van der Waals surface area contributed by atoms with Crippen LogP contribution in [0.4, 0.5) is 0 Å². The summed E-state index contributed by atoms with van der Waals surface area (Å²) in [5.74, 6) is 0. The van der Waals surface area contributed by atoms with Gasteiger partial charge in [0.1, 0.15) is 5.15 Å². The third-order valence-electron chi connectivity index (χ3n) is 2.34. The van der Waals surface area contributed by atoms with Crippen LogP contribution in [0, 0.1) is 0 Å². The topological polar surface area (TPSA) is 41.8 Å². The van der Waals surface area contributed by atoms with Crippen molar-refractivity contribution < 1.29 is 0 Å². The number of fused-ring (bicyclic) bond motifs is 1. The first-order chi connectivity index (χ1) is 7.08. The highest BCUT2D eigenvalue weighted by atomic mass is 79.9. The third kappa shape index (κ3) is 2.19. The molecular weight excluding hydrogens is 275 g/mol.